The highest BCUT2D eigenvalue weighted by Gasteiger charge is 2.18. The van der Waals surface area contributed by atoms with Crippen LogP contribution in [0.25, 0.3) is 36.9 Å². The number of fused-ring (bicyclic) bond motifs is 4. The number of rotatable bonds is 4. The number of amides is 1. The molecule has 1 amide bonds. The van der Waals surface area contributed by atoms with Crippen LogP contribution >= 0.6 is 22.9 Å². The quantitative estimate of drug-likeness (QED) is 0.311. The molecule has 5 aromatic rings. The van der Waals surface area contributed by atoms with E-state index in [9.17, 15) is 9.59 Å². The predicted molar refractivity (Wildman–Crippen MR) is 145 cm³/mol. The summed E-state index contributed by atoms with van der Waals surface area (Å²) in [6, 6.07) is 17.7. The standard InChI is InChI=1S/C27H23ClN4O2S/c28-16-24(33)29-17-9-10-22-21(14-17)19-7-4-6-18(26(19)35-22)20-8-5-13-32-25(34)15-23(30-27(20)32)31-11-2-1-3-12-31/h4-10,13-15H,1-3,11-12,16H2,(H,29,33). The number of piperidine rings is 1. The minimum Gasteiger partial charge on any atom is -0.356 e. The molecule has 0 unspecified atom stereocenters. The van der Waals surface area contributed by atoms with Crippen LogP contribution in [-0.2, 0) is 4.79 Å². The lowest BCUT2D eigenvalue weighted by Gasteiger charge is -2.27. The van der Waals surface area contributed by atoms with E-state index in [0.29, 0.717) is 5.65 Å². The highest BCUT2D eigenvalue weighted by atomic mass is 35.5. The van der Waals surface area contributed by atoms with Crippen molar-refractivity contribution in [1.82, 2.24) is 9.38 Å². The molecule has 1 aliphatic heterocycles. The Bertz CT molecular complexity index is 1650. The van der Waals surface area contributed by atoms with Crippen molar-refractivity contribution in [3.05, 3.63) is 71.1 Å². The summed E-state index contributed by atoms with van der Waals surface area (Å²) in [5.41, 5.74) is 3.28. The minimum atomic E-state index is -0.233. The average molecular weight is 503 g/mol. The summed E-state index contributed by atoms with van der Waals surface area (Å²) in [5, 5.41) is 5.00. The van der Waals surface area contributed by atoms with Crippen LogP contribution in [0.4, 0.5) is 11.5 Å². The third kappa shape index (κ3) is 3.94. The number of hydrogen-bond acceptors (Lipinski definition) is 5. The van der Waals surface area contributed by atoms with Crippen LogP contribution in [0.15, 0.2) is 65.6 Å². The Morgan fingerprint density at radius 1 is 1.00 bits per heavy atom. The van der Waals surface area contributed by atoms with E-state index in [0.717, 1.165) is 68.7 Å². The molecular formula is C27H23ClN4O2S. The molecule has 1 saturated heterocycles. The topological polar surface area (TPSA) is 66.7 Å². The molecule has 0 radical (unpaired) electrons. The highest BCUT2D eigenvalue weighted by Crippen LogP contribution is 2.41. The molecule has 35 heavy (non-hydrogen) atoms. The largest absolute Gasteiger partial charge is 0.356 e. The van der Waals surface area contributed by atoms with Crippen LogP contribution in [0.5, 0.6) is 0 Å². The van der Waals surface area contributed by atoms with Gasteiger partial charge in [-0.2, -0.15) is 0 Å². The lowest BCUT2D eigenvalue weighted by Crippen LogP contribution is -2.31. The molecular weight excluding hydrogens is 480 g/mol. The first-order chi connectivity index (χ1) is 17.1. The zero-order chi connectivity index (χ0) is 23.9. The summed E-state index contributed by atoms with van der Waals surface area (Å²) in [5.74, 6) is 0.438. The molecule has 6 nitrogen and oxygen atoms in total. The van der Waals surface area contributed by atoms with Gasteiger partial charge in [0.15, 0.2) is 0 Å². The Morgan fingerprint density at radius 3 is 2.66 bits per heavy atom. The molecule has 1 aliphatic rings. The average Bonchev–Trinajstić information content (AvgIpc) is 3.27. The lowest BCUT2D eigenvalue weighted by atomic mass is 10.0. The maximum absolute atomic E-state index is 13.0. The van der Waals surface area contributed by atoms with E-state index >= 15 is 0 Å². The number of nitrogens with zero attached hydrogens (tertiary/aromatic N) is 3. The van der Waals surface area contributed by atoms with Gasteiger partial charge in [0.2, 0.25) is 5.91 Å². The number of carbonyl (C=O) groups is 1. The molecule has 0 bridgehead atoms. The van der Waals surface area contributed by atoms with Crippen molar-refractivity contribution in [3.8, 4) is 11.1 Å². The molecule has 3 aromatic heterocycles. The maximum Gasteiger partial charge on any atom is 0.259 e. The van der Waals surface area contributed by atoms with Gasteiger partial charge < -0.3 is 10.2 Å². The fourth-order valence-corrected chi connectivity index (χ4v) is 6.17. The van der Waals surface area contributed by atoms with Gasteiger partial charge in [0.1, 0.15) is 17.3 Å². The molecule has 176 valence electrons. The number of nitrogens with one attached hydrogen (secondary N) is 1. The van der Waals surface area contributed by atoms with Crippen molar-refractivity contribution < 1.29 is 4.79 Å². The lowest BCUT2D eigenvalue weighted by molar-refractivity contribution is -0.113. The second-order valence-corrected chi connectivity index (χ2v) is 10.1. The smallest absolute Gasteiger partial charge is 0.259 e. The van der Waals surface area contributed by atoms with Gasteiger partial charge in [0.25, 0.3) is 5.56 Å². The molecule has 0 saturated carbocycles. The Labute approximate surface area is 210 Å². The molecule has 0 spiro atoms. The van der Waals surface area contributed by atoms with E-state index in [-0.39, 0.29) is 17.3 Å². The number of thiophene rings is 1. The number of hydrogen-bond donors (Lipinski definition) is 1. The highest BCUT2D eigenvalue weighted by molar-refractivity contribution is 7.26. The SMILES string of the molecule is O=C(CCl)Nc1ccc2sc3c(-c4cccn5c(=O)cc(N6CCCCC6)nc45)cccc3c2c1. The number of carbonyl (C=O) groups excluding carboxylic acids is 1. The molecule has 0 atom stereocenters. The van der Waals surface area contributed by atoms with Crippen LogP contribution in [0.2, 0.25) is 0 Å². The molecule has 1 N–H and O–H groups in total. The Hall–Kier alpha value is -3.42. The van der Waals surface area contributed by atoms with Gasteiger partial charge >= 0.3 is 0 Å². The first kappa shape index (κ1) is 22.1. The number of halogens is 1. The summed E-state index contributed by atoms with van der Waals surface area (Å²) >= 11 is 7.36. The van der Waals surface area contributed by atoms with Crippen LogP contribution in [-0.4, -0.2) is 34.3 Å². The van der Waals surface area contributed by atoms with Gasteiger partial charge in [-0.3, -0.25) is 14.0 Å². The van der Waals surface area contributed by atoms with Gasteiger partial charge in [-0.15, -0.1) is 22.9 Å². The van der Waals surface area contributed by atoms with Gasteiger partial charge in [0, 0.05) is 62.3 Å². The Balaban J connectivity index is 1.54. The van der Waals surface area contributed by atoms with Gasteiger partial charge in [-0.25, -0.2) is 4.98 Å². The number of aromatic nitrogens is 2. The van der Waals surface area contributed by atoms with Crippen molar-refractivity contribution in [3.63, 3.8) is 0 Å². The van der Waals surface area contributed by atoms with Crippen LogP contribution < -0.4 is 15.8 Å². The first-order valence-corrected chi connectivity index (χ1v) is 13.1. The monoisotopic (exact) mass is 502 g/mol. The molecule has 8 heteroatoms. The zero-order valence-corrected chi connectivity index (χ0v) is 20.5. The second kappa shape index (κ2) is 8.98. The van der Waals surface area contributed by atoms with Gasteiger partial charge in [0.05, 0.1) is 0 Å². The van der Waals surface area contributed by atoms with Crippen LogP contribution in [0.1, 0.15) is 19.3 Å². The zero-order valence-electron chi connectivity index (χ0n) is 19.0. The van der Waals surface area contributed by atoms with Crippen LogP contribution in [0, 0.1) is 0 Å². The fraction of sp³-hybridized carbons (Fsp3) is 0.222. The van der Waals surface area contributed by atoms with Crippen molar-refractivity contribution >= 4 is 66.2 Å². The summed E-state index contributed by atoms with van der Waals surface area (Å²) < 4.78 is 3.87. The normalized spacial score (nSPS) is 14.1. The van der Waals surface area contributed by atoms with Crippen molar-refractivity contribution in [2.24, 2.45) is 0 Å². The van der Waals surface area contributed by atoms with Crippen molar-refractivity contribution in [2.75, 3.05) is 29.2 Å². The minimum absolute atomic E-state index is 0.0689. The Morgan fingerprint density at radius 2 is 1.83 bits per heavy atom. The first-order valence-electron chi connectivity index (χ1n) is 11.7. The fourth-order valence-electron chi connectivity index (χ4n) is 4.89. The van der Waals surface area contributed by atoms with Crippen LogP contribution in [0.3, 0.4) is 0 Å². The third-order valence-electron chi connectivity index (χ3n) is 6.55. The molecule has 1 fully saturated rings. The van der Waals surface area contributed by atoms with Gasteiger partial charge in [-0.05, 0) is 49.6 Å². The number of benzene rings is 2. The molecule has 0 aliphatic carbocycles. The van der Waals surface area contributed by atoms with Gasteiger partial charge in [-0.1, -0.05) is 18.2 Å². The summed E-state index contributed by atoms with van der Waals surface area (Å²) in [6.07, 6.45) is 5.25. The maximum atomic E-state index is 13.0. The second-order valence-electron chi connectivity index (χ2n) is 8.79. The summed E-state index contributed by atoms with van der Waals surface area (Å²) in [6.45, 7) is 1.86. The van der Waals surface area contributed by atoms with Crippen molar-refractivity contribution in [2.45, 2.75) is 19.3 Å². The van der Waals surface area contributed by atoms with E-state index in [1.165, 1.54) is 6.42 Å². The molecule has 2 aromatic carbocycles. The molecule has 6 rings (SSSR count). The third-order valence-corrected chi connectivity index (χ3v) is 8.01. The summed E-state index contributed by atoms with van der Waals surface area (Å²) in [7, 11) is 0. The predicted octanol–water partition coefficient (Wildman–Crippen LogP) is 5.90. The Kier molecular flexibility index (Phi) is 5.66. The summed E-state index contributed by atoms with van der Waals surface area (Å²) in [4.78, 5) is 32.0. The number of alkyl halides is 1. The van der Waals surface area contributed by atoms with Crippen molar-refractivity contribution in [1.29, 1.82) is 0 Å². The van der Waals surface area contributed by atoms with E-state index < -0.39 is 0 Å². The van der Waals surface area contributed by atoms with E-state index in [1.807, 2.05) is 36.4 Å². The number of anilines is 2. The molecule has 4 heterocycles. The van der Waals surface area contributed by atoms with E-state index in [1.54, 1.807) is 28.0 Å². The number of pyridine rings is 1. The van der Waals surface area contributed by atoms with E-state index in [4.69, 9.17) is 16.6 Å². The van der Waals surface area contributed by atoms with E-state index in [2.05, 4.69) is 22.3 Å².